The lowest BCUT2D eigenvalue weighted by Crippen LogP contribution is -2.35. The molecule has 4 nitrogen and oxygen atoms in total. The summed E-state index contributed by atoms with van der Waals surface area (Å²) in [6.07, 6.45) is 0.0588. The van der Waals surface area contributed by atoms with Crippen molar-refractivity contribution >= 4 is 11.7 Å². The molecule has 0 aliphatic carbocycles. The predicted molar refractivity (Wildman–Crippen MR) is 54.7 cm³/mol. The van der Waals surface area contributed by atoms with Crippen molar-refractivity contribution in [2.45, 2.75) is 18.9 Å². The van der Waals surface area contributed by atoms with Gasteiger partial charge in [-0.2, -0.15) is 0 Å². The Morgan fingerprint density at radius 2 is 2.25 bits per heavy atom. The minimum atomic E-state index is -1.39. The third-order valence-electron chi connectivity index (χ3n) is 2.50. The normalized spacial score (nSPS) is 23.8. The average molecular weight is 223 g/mol. The Morgan fingerprint density at radius 3 is 2.81 bits per heavy atom. The largest absolute Gasteiger partial charge is 0.478 e. The van der Waals surface area contributed by atoms with E-state index in [4.69, 9.17) is 9.94 Å². The van der Waals surface area contributed by atoms with Crippen LogP contribution in [-0.4, -0.2) is 22.4 Å². The average Bonchev–Trinajstić information content (AvgIpc) is 2.63. The minimum Gasteiger partial charge on any atom is -0.478 e. The molecule has 0 amide bonds. The Balaban J connectivity index is 2.28. The van der Waals surface area contributed by atoms with Crippen molar-refractivity contribution in [2.24, 2.45) is 5.16 Å². The van der Waals surface area contributed by atoms with Crippen LogP contribution in [0.3, 0.4) is 0 Å². The summed E-state index contributed by atoms with van der Waals surface area (Å²) < 4.78 is 13.4. The molecule has 0 fully saturated rings. The maximum absolute atomic E-state index is 13.4. The molecule has 0 radical (unpaired) electrons. The smallest absolute Gasteiger partial charge is 0.351 e. The van der Waals surface area contributed by atoms with Crippen LogP contribution in [0.5, 0.6) is 0 Å². The molecule has 1 aliphatic rings. The first-order valence-electron chi connectivity index (χ1n) is 4.76. The Kier molecular flexibility index (Phi) is 2.38. The van der Waals surface area contributed by atoms with Crippen LogP contribution < -0.4 is 0 Å². The van der Waals surface area contributed by atoms with Gasteiger partial charge in [0.05, 0.1) is 5.71 Å². The quantitative estimate of drug-likeness (QED) is 0.831. The van der Waals surface area contributed by atoms with Gasteiger partial charge in [0.2, 0.25) is 5.60 Å². The highest BCUT2D eigenvalue weighted by Crippen LogP contribution is 2.27. The van der Waals surface area contributed by atoms with Gasteiger partial charge in [0, 0.05) is 12.0 Å². The van der Waals surface area contributed by atoms with Crippen LogP contribution in [0.25, 0.3) is 0 Å². The zero-order valence-corrected chi connectivity index (χ0v) is 8.61. The van der Waals surface area contributed by atoms with Gasteiger partial charge >= 0.3 is 5.97 Å². The van der Waals surface area contributed by atoms with Crippen LogP contribution in [0.4, 0.5) is 4.39 Å². The minimum absolute atomic E-state index is 0.0588. The number of hydrogen-bond donors (Lipinski definition) is 1. The molecule has 1 unspecified atom stereocenters. The van der Waals surface area contributed by atoms with E-state index >= 15 is 0 Å². The highest BCUT2D eigenvalue weighted by atomic mass is 19.1. The van der Waals surface area contributed by atoms with Crippen molar-refractivity contribution in [3.05, 3.63) is 35.6 Å². The second-order valence-electron chi connectivity index (χ2n) is 3.82. The Morgan fingerprint density at radius 1 is 1.56 bits per heavy atom. The molecule has 0 saturated carbocycles. The number of benzene rings is 1. The molecule has 5 heteroatoms. The van der Waals surface area contributed by atoms with E-state index in [0.717, 1.165) is 0 Å². The van der Waals surface area contributed by atoms with E-state index in [0.29, 0.717) is 5.71 Å². The van der Waals surface area contributed by atoms with Crippen molar-refractivity contribution in [1.29, 1.82) is 0 Å². The molecule has 1 heterocycles. The molecule has 0 bridgehead atoms. The molecule has 16 heavy (non-hydrogen) atoms. The molecule has 1 N–H and O–H groups in total. The Labute approximate surface area is 91.3 Å². The van der Waals surface area contributed by atoms with E-state index in [1.165, 1.54) is 13.0 Å². The van der Waals surface area contributed by atoms with Gasteiger partial charge in [0.25, 0.3) is 0 Å². The van der Waals surface area contributed by atoms with Gasteiger partial charge in [-0.1, -0.05) is 23.4 Å². The lowest BCUT2D eigenvalue weighted by Gasteiger charge is -2.14. The summed E-state index contributed by atoms with van der Waals surface area (Å²) >= 11 is 0. The van der Waals surface area contributed by atoms with Gasteiger partial charge in [0.1, 0.15) is 5.82 Å². The summed E-state index contributed by atoms with van der Waals surface area (Å²) in [6.45, 7) is 1.41. The van der Waals surface area contributed by atoms with Gasteiger partial charge < -0.3 is 9.94 Å². The summed E-state index contributed by atoms with van der Waals surface area (Å²) in [6, 6.07) is 6.07. The zero-order valence-electron chi connectivity index (χ0n) is 8.61. The van der Waals surface area contributed by atoms with E-state index in [-0.39, 0.29) is 12.0 Å². The number of carboxylic acids is 1. The molecular weight excluding hydrogens is 213 g/mol. The molecule has 1 atom stereocenters. The van der Waals surface area contributed by atoms with Gasteiger partial charge in [0.15, 0.2) is 0 Å². The van der Waals surface area contributed by atoms with Gasteiger partial charge in [-0.3, -0.25) is 0 Å². The zero-order chi connectivity index (χ0) is 11.8. The number of carbonyl (C=O) groups is 1. The molecule has 0 spiro atoms. The monoisotopic (exact) mass is 223 g/mol. The van der Waals surface area contributed by atoms with E-state index in [2.05, 4.69) is 5.16 Å². The standard InChI is InChI=1S/C11H10FNO3/c1-11(10(14)15)6-9(13-16-11)7-4-2-3-5-8(7)12/h2-5H,6H2,1H3,(H,14,15). The molecular formula is C11H10FNO3. The Bertz CT molecular complexity index is 472. The number of nitrogens with zero attached hydrogens (tertiary/aromatic N) is 1. The number of hydrogen-bond acceptors (Lipinski definition) is 3. The third-order valence-corrected chi connectivity index (χ3v) is 2.50. The van der Waals surface area contributed by atoms with Gasteiger partial charge in [-0.15, -0.1) is 0 Å². The lowest BCUT2D eigenvalue weighted by molar-refractivity contribution is -0.160. The predicted octanol–water partition coefficient (Wildman–Crippen LogP) is 1.79. The topological polar surface area (TPSA) is 58.9 Å². The molecule has 0 saturated heterocycles. The number of halogens is 1. The SMILES string of the molecule is CC1(C(=O)O)CC(c2ccccc2F)=NO1. The highest BCUT2D eigenvalue weighted by Gasteiger charge is 2.42. The Hall–Kier alpha value is -1.91. The summed E-state index contributed by atoms with van der Waals surface area (Å²) in [5.41, 5.74) is -0.784. The van der Waals surface area contributed by atoms with Crippen LogP contribution in [0.15, 0.2) is 29.4 Å². The molecule has 1 aliphatic heterocycles. The van der Waals surface area contributed by atoms with Crippen LogP contribution in [0.1, 0.15) is 18.9 Å². The van der Waals surface area contributed by atoms with Crippen LogP contribution in [-0.2, 0) is 9.63 Å². The summed E-state index contributed by atoms with van der Waals surface area (Å²) in [5, 5.41) is 12.6. The third kappa shape index (κ3) is 1.64. The van der Waals surface area contributed by atoms with Crippen molar-refractivity contribution in [1.82, 2.24) is 0 Å². The van der Waals surface area contributed by atoms with Crippen molar-refractivity contribution < 1.29 is 19.1 Å². The maximum Gasteiger partial charge on any atom is 0.351 e. The fourth-order valence-electron chi connectivity index (χ4n) is 1.49. The molecule has 2 rings (SSSR count). The van der Waals surface area contributed by atoms with Crippen molar-refractivity contribution in [3.8, 4) is 0 Å². The van der Waals surface area contributed by atoms with E-state index in [9.17, 15) is 9.18 Å². The molecule has 1 aromatic carbocycles. The van der Waals surface area contributed by atoms with Gasteiger partial charge in [-0.05, 0) is 13.0 Å². The van der Waals surface area contributed by atoms with Crippen LogP contribution >= 0.6 is 0 Å². The van der Waals surface area contributed by atoms with E-state index in [1.54, 1.807) is 18.2 Å². The van der Waals surface area contributed by atoms with Crippen LogP contribution in [0, 0.1) is 5.82 Å². The first-order valence-corrected chi connectivity index (χ1v) is 4.76. The first-order chi connectivity index (χ1) is 7.53. The fraction of sp³-hybridized carbons (Fsp3) is 0.273. The van der Waals surface area contributed by atoms with Crippen molar-refractivity contribution in [2.75, 3.05) is 0 Å². The second-order valence-corrected chi connectivity index (χ2v) is 3.82. The maximum atomic E-state index is 13.4. The number of rotatable bonds is 2. The fourth-order valence-corrected chi connectivity index (χ4v) is 1.49. The number of oxime groups is 1. The van der Waals surface area contributed by atoms with Gasteiger partial charge in [-0.25, -0.2) is 9.18 Å². The van der Waals surface area contributed by atoms with E-state index < -0.39 is 17.4 Å². The molecule has 1 aromatic rings. The lowest BCUT2D eigenvalue weighted by atomic mass is 9.96. The second kappa shape index (κ2) is 3.59. The first kappa shape index (κ1) is 10.6. The number of carboxylic acid groups (broad SMARTS) is 1. The van der Waals surface area contributed by atoms with Crippen LogP contribution in [0.2, 0.25) is 0 Å². The summed E-state index contributed by atoms with van der Waals surface area (Å²) in [7, 11) is 0. The summed E-state index contributed by atoms with van der Waals surface area (Å²) in [5.74, 6) is -1.54. The number of aliphatic carboxylic acids is 1. The molecule has 0 aromatic heterocycles. The van der Waals surface area contributed by atoms with E-state index in [1.807, 2.05) is 0 Å². The summed E-state index contributed by atoms with van der Waals surface area (Å²) in [4.78, 5) is 15.7. The highest BCUT2D eigenvalue weighted by molar-refractivity contribution is 6.04. The molecule has 84 valence electrons. The van der Waals surface area contributed by atoms with Crippen molar-refractivity contribution in [3.63, 3.8) is 0 Å².